The van der Waals surface area contributed by atoms with Gasteiger partial charge in [0.15, 0.2) is 0 Å². The maximum Gasteiger partial charge on any atom is 0.143 e. The fraction of sp³-hybridized carbons (Fsp3) is 0.538. The molecule has 1 aromatic carbocycles. The number of hydrogen-bond acceptors (Lipinski definition) is 5. The van der Waals surface area contributed by atoms with Crippen molar-refractivity contribution in [3.63, 3.8) is 0 Å². The van der Waals surface area contributed by atoms with Gasteiger partial charge in [0.1, 0.15) is 17.8 Å². The molecule has 5 nitrogen and oxygen atoms in total. The molecule has 2 atom stereocenters. The average Bonchev–Trinajstić information content (AvgIpc) is 2.37. The summed E-state index contributed by atoms with van der Waals surface area (Å²) in [5.41, 5.74) is -0.685. The Hall–Kier alpha value is -1.14. The van der Waals surface area contributed by atoms with Crippen molar-refractivity contribution in [2.45, 2.75) is 17.8 Å². The minimum Gasteiger partial charge on any atom is -0.388 e. The minimum absolute atomic E-state index is 0.0854. The molecule has 1 fully saturated rings. The van der Waals surface area contributed by atoms with Crippen LogP contribution in [0.5, 0.6) is 0 Å². The standard InChI is InChI=1S/C13H19NO4/c1-18-9-13(17)11(15)7-14(8-12(13)16)10-5-3-2-4-6-10/h2-6,11-12,15-17H,7-9H2,1H3. The number of β-amino-alcohol motifs (C(OH)–C–C–N with tert-alkyl or cyclic N) is 2. The fourth-order valence-electron chi connectivity index (χ4n) is 2.30. The molecule has 0 bridgehead atoms. The van der Waals surface area contributed by atoms with Crippen molar-refractivity contribution < 1.29 is 20.1 Å². The highest BCUT2D eigenvalue weighted by molar-refractivity contribution is 5.47. The molecule has 100 valence electrons. The lowest BCUT2D eigenvalue weighted by Gasteiger charge is -2.45. The van der Waals surface area contributed by atoms with Gasteiger partial charge in [0, 0.05) is 25.9 Å². The molecule has 1 heterocycles. The number of aliphatic hydroxyl groups excluding tert-OH is 2. The Morgan fingerprint density at radius 1 is 1.22 bits per heavy atom. The number of nitrogens with zero attached hydrogens (tertiary/aromatic N) is 1. The Morgan fingerprint density at radius 3 is 2.28 bits per heavy atom. The van der Waals surface area contributed by atoms with E-state index in [1.54, 1.807) is 0 Å². The van der Waals surface area contributed by atoms with Gasteiger partial charge in [-0.15, -0.1) is 0 Å². The van der Waals surface area contributed by atoms with E-state index in [1.165, 1.54) is 7.11 Å². The van der Waals surface area contributed by atoms with Crippen LogP contribution < -0.4 is 4.90 Å². The zero-order valence-electron chi connectivity index (χ0n) is 10.4. The largest absolute Gasteiger partial charge is 0.388 e. The quantitative estimate of drug-likeness (QED) is 0.684. The van der Waals surface area contributed by atoms with E-state index in [1.807, 2.05) is 35.2 Å². The predicted octanol–water partition coefficient (Wildman–Crippen LogP) is -0.394. The molecule has 0 aliphatic carbocycles. The van der Waals surface area contributed by atoms with E-state index in [-0.39, 0.29) is 19.7 Å². The first-order valence-corrected chi connectivity index (χ1v) is 5.95. The van der Waals surface area contributed by atoms with E-state index in [0.717, 1.165) is 5.69 Å². The number of ether oxygens (including phenoxy) is 1. The van der Waals surface area contributed by atoms with Gasteiger partial charge in [0.2, 0.25) is 0 Å². The maximum atomic E-state index is 10.2. The molecule has 5 heteroatoms. The van der Waals surface area contributed by atoms with Gasteiger partial charge in [-0.3, -0.25) is 0 Å². The van der Waals surface area contributed by atoms with Crippen molar-refractivity contribution in [1.82, 2.24) is 0 Å². The molecule has 1 aromatic rings. The van der Waals surface area contributed by atoms with Crippen molar-refractivity contribution in [1.29, 1.82) is 0 Å². The summed E-state index contributed by atoms with van der Waals surface area (Å²) in [5.74, 6) is 0. The summed E-state index contributed by atoms with van der Waals surface area (Å²) in [7, 11) is 1.43. The molecule has 2 unspecified atom stereocenters. The zero-order valence-corrected chi connectivity index (χ0v) is 10.4. The first-order chi connectivity index (χ1) is 8.58. The van der Waals surface area contributed by atoms with Gasteiger partial charge >= 0.3 is 0 Å². The summed E-state index contributed by atoms with van der Waals surface area (Å²) in [6.07, 6.45) is -2.11. The second-order valence-electron chi connectivity index (χ2n) is 4.70. The van der Waals surface area contributed by atoms with Crippen LogP contribution in [-0.2, 0) is 4.74 Å². The van der Waals surface area contributed by atoms with Crippen molar-refractivity contribution in [2.75, 3.05) is 31.7 Å². The van der Waals surface area contributed by atoms with Crippen molar-refractivity contribution in [3.05, 3.63) is 30.3 Å². The molecule has 1 aliphatic heterocycles. The van der Waals surface area contributed by atoms with Gasteiger partial charge < -0.3 is 25.0 Å². The molecule has 0 amide bonds. The van der Waals surface area contributed by atoms with E-state index < -0.39 is 17.8 Å². The smallest absolute Gasteiger partial charge is 0.143 e. The van der Waals surface area contributed by atoms with Crippen LogP contribution in [0, 0.1) is 0 Å². The predicted molar refractivity (Wildman–Crippen MR) is 67.5 cm³/mol. The van der Waals surface area contributed by atoms with E-state index in [2.05, 4.69) is 0 Å². The van der Waals surface area contributed by atoms with Gasteiger partial charge in [-0.2, -0.15) is 0 Å². The first-order valence-electron chi connectivity index (χ1n) is 5.95. The summed E-state index contributed by atoms with van der Waals surface area (Å²) >= 11 is 0. The molecule has 3 N–H and O–H groups in total. The Labute approximate surface area is 106 Å². The second-order valence-corrected chi connectivity index (χ2v) is 4.70. The molecule has 0 spiro atoms. The van der Waals surface area contributed by atoms with Crippen molar-refractivity contribution in [3.8, 4) is 0 Å². The number of benzene rings is 1. The number of anilines is 1. The van der Waals surface area contributed by atoms with Crippen molar-refractivity contribution in [2.24, 2.45) is 0 Å². The van der Waals surface area contributed by atoms with Crippen LogP contribution in [0.25, 0.3) is 0 Å². The molecule has 2 rings (SSSR count). The average molecular weight is 253 g/mol. The number of methoxy groups -OCH3 is 1. The van der Waals surface area contributed by atoms with E-state index in [4.69, 9.17) is 4.74 Å². The van der Waals surface area contributed by atoms with Crippen LogP contribution in [0.4, 0.5) is 5.69 Å². The highest BCUT2D eigenvalue weighted by atomic mass is 16.5. The molecule has 0 saturated carbocycles. The maximum absolute atomic E-state index is 10.2. The summed E-state index contributed by atoms with van der Waals surface area (Å²) in [4.78, 5) is 1.85. The normalized spacial score (nSPS) is 32.6. The fourth-order valence-corrected chi connectivity index (χ4v) is 2.30. The lowest BCUT2D eigenvalue weighted by molar-refractivity contribution is -0.178. The second kappa shape index (κ2) is 5.24. The van der Waals surface area contributed by atoms with Gasteiger partial charge in [-0.25, -0.2) is 0 Å². The van der Waals surface area contributed by atoms with Crippen LogP contribution in [0.2, 0.25) is 0 Å². The zero-order chi connectivity index (χ0) is 13.2. The lowest BCUT2D eigenvalue weighted by atomic mass is 9.86. The SMILES string of the molecule is COCC1(O)C(O)CN(c2ccccc2)CC1O. The van der Waals surface area contributed by atoms with Crippen LogP contribution >= 0.6 is 0 Å². The Bertz CT molecular complexity index is 372. The van der Waals surface area contributed by atoms with E-state index >= 15 is 0 Å². The van der Waals surface area contributed by atoms with Crippen LogP contribution in [0.3, 0.4) is 0 Å². The molecule has 0 radical (unpaired) electrons. The number of para-hydroxylation sites is 1. The third-order valence-electron chi connectivity index (χ3n) is 3.44. The van der Waals surface area contributed by atoms with Gasteiger partial charge in [0.05, 0.1) is 6.61 Å². The molecule has 0 aromatic heterocycles. The number of aliphatic hydroxyl groups is 3. The van der Waals surface area contributed by atoms with Crippen LogP contribution in [0.1, 0.15) is 0 Å². The molecular weight excluding hydrogens is 234 g/mol. The van der Waals surface area contributed by atoms with E-state index in [0.29, 0.717) is 0 Å². The molecule has 1 saturated heterocycles. The summed E-state index contributed by atoms with van der Waals surface area (Å²) in [6.45, 7) is 0.444. The highest BCUT2D eigenvalue weighted by Crippen LogP contribution is 2.27. The lowest BCUT2D eigenvalue weighted by Crippen LogP contribution is -2.66. The van der Waals surface area contributed by atoms with E-state index in [9.17, 15) is 15.3 Å². The van der Waals surface area contributed by atoms with Gasteiger partial charge in [-0.1, -0.05) is 18.2 Å². The van der Waals surface area contributed by atoms with Gasteiger partial charge in [-0.05, 0) is 12.1 Å². The monoisotopic (exact) mass is 253 g/mol. The molecule has 1 aliphatic rings. The molecular formula is C13H19NO4. The molecule has 18 heavy (non-hydrogen) atoms. The van der Waals surface area contributed by atoms with Crippen LogP contribution in [0.15, 0.2) is 30.3 Å². The minimum atomic E-state index is -1.60. The van der Waals surface area contributed by atoms with Gasteiger partial charge in [0.25, 0.3) is 0 Å². The number of hydrogen-bond donors (Lipinski definition) is 3. The Morgan fingerprint density at radius 2 is 1.78 bits per heavy atom. The summed E-state index contributed by atoms with van der Waals surface area (Å²) in [6, 6.07) is 9.50. The third kappa shape index (κ3) is 2.35. The Balaban J connectivity index is 2.14. The number of piperidine rings is 1. The van der Waals surface area contributed by atoms with Crippen LogP contribution in [-0.4, -0.2) is 59.9 Å². The third-order valence-corrected chi connectivity index (χ3v) is 3.44. The summed E-state index contributed by atoms with van der Waals surface area (Å²) in [5, 5.41) is 30.3. The first kappa shape index (κ1) is 13.3. The number of rotatable bonds is 3. The highest BCUT2D eigenvalue weighted by Gasteiger charge is 2.47. The Kier molecular flexibility index (Phi) is 3.87. The summed E-state index contributed by atoms with van der Waals surface area (Å²) < 4.78 is 4.88. The topological polar surface area (TPSA) is 73.2 Å². The van der Waals surface area contributed by atoms with Crippen molar-refractivity contribution >= 4 is 5.69 Å².